The molecule has 2 amide bonds. The van der Waals surface area contributed by atoms with Crippen molar-refractivity contribution < 1.29 is 9.90 Å². The van der Waals surface area contributed by atoms with Crippen molar-refractivity contribution in [3.63, 3.8) is 0 Å². The Morgan fingerprint density at radius 3 is 2.62 bits per heavy atom. The second kappa shape index (κ2) is 5.89. The van der Waals surface area contributed by atoms with E-state index in [-0.39, 0.29) is 11.4 Å². The van der Waals surface area contributed by atoms with E-state index in [1.165, 1.54) is 0 Å². The molecular formula is C16H24N2O2S. The van der Waals surface area contributed by atoms with Gasteiger partial charge >= 0.3 is 6.03 Å². The topological polar surface area (TPSA) is 52.6 Å². The number of amides is 2. The van der Waals surface area contributed by atoms with Crippen LogP contribution in [0.4, 0.5) is 10.5 Å². The second-order valence-electron chi connectivity index (χ2n) is 6.46. The summed E-state index contributed by atoms with van der Waals surface area (Å²) < 4.78 is 0. The molecule has 1 aliphatic heterocycles. The van der Waals surface area contributed by atoms with Crippen molar-refractivity contribution in [2.45, 2.75) is 37.7 Å². The van der Waals surface area contributed by atoms with Crippen molar-refractivity contribution in [2.75, 3.05) is 24.7 Å². The fourth-order valence-electron chi connectivity index (χ4n) is 2.53. The van der Waals surface area contributed by atoms with Crippen molar-refractivity contribution in [3.8, 4) is 0 Å². The smallest absolute Gasteiger partial charge is 0.321 e. The Bertz CT molecular complexity index is 529. The van der Waals surface area contributed by atoms with E-state index in [0.717, 1.165) is 10.6 Å². The molecule has 1 atom stereocenters. The minimum atomic E-state index is -0.735. The van der Waals surface area contributed by atoms with Crippen LogP contribution < -0.4 is 5.32 Å². The van der Waals surface area contributed by atoms with E-state index in [2.05, 4.69) is 5.32 Å². The molecule has 0 aromatic heterocycles. The molecule has 0 spiro atoms. The number of likely N-dealkylation sites (tertiary alicyclic amines) is 1. The number of carbonyl (C=O) groups is 1. The number of thioether (sulfide) groups is 1. The van der Waals surface area contributed by atoms with E-state index in [1.807, 2.05) is 51.3 Å². The molecule has 2 N–H and O–H groups in total. The number of anilines is 1. The summed E-state index contributed by atoms with van der Waals surface area (Å²) in [7, 11) is 0. The van der Waals surface area contributed by atoms with Crippen molar-refractivity contribution in [1.29, 1.82) is 0 Å². The fourth-order valence-corrected chi connectivity index (χ4v) is 3.09. The maximum atomic E-state index is 12.5. The van der Waals surface area contributed by atoms with Gasteiger partial charge in [-0.05, 0) is 31.7 Å². The number of benzene rings is 1. The van der Waals surface area contributed by atoms with E-state index in [4.69, 9.17) is 0 Å². The van der Waals surface area contributed by atoms with Crippen molar-refractivity contribution in [3.05, 3.63) is 24.3 Å². The predicted octanol–water partition coefficient (Wildman–Crippen LogP) is 3.42. The molecule has 0 radical (unpaired) electrons. The molecule has 0 unspecified atom stereocenters. The van der Waals surface area contributed by atoms with Gasteiger partial charge in [0, 0.05) is 23.4 Å². The van der Waals surface area contributed by atoms with Crippen LogP contribution in [0.3, 0.4) is 0 Å². The first-order valence-electron chi connectivity index (χ1n) is 7.18. The zero-order chi connectivity index (χ0) is 15.7. The molecule has 1 aromatic carbocycles. The Morgan fingerprint density at radius 2 is 2.00 bits per heavy atom. The van der Waals surface area contributed by atoms with E-state index in [0.29, 0.717) is 19.5 Å². The van der Waals surface area contributed by atoms with E-state index in [1.54, 1.807) is 16.7 Å². The zero-order valence-corrected chi connectivity index (χ0v) is 14.0. The minimum Gasteiger partial charge on any atom is -0.389 e. The molecule has 1 saturated heterocycles. The minimum absolute atomic E-state index is 0.0972. The van der Waals surface area contributed by atoms with Crippen molar-refractivity contribution in [1.82, 2.24) is 4.90 Å². The molecule has 1 fully saturated rings. The third-order valence-corrected chi connectivity index (χ3v) is 5.34. The first-order chi connectivity index (χ1) is 9.77. The zero-order valence-electron chi connectivity index (χ0n) is 13.1. The summed E-state index contributed by atoms with van der Waals surface area (Å²) in [4.78, 5) is 15.3. The third-order valence-electron chi connectivity index (χ3n) is 4.55. The highest BCUT2D eigenvalue weighted by Crippen LogP contribution is 2.38. The third kappa shape index (κ3) is 3.35. The van der Waals surface area contributed by atoms with Crippen LogP contribution >= 0.6 is 11.8 Å². The number of nitrogens with zero attached hydrogens (tertiary/aromatic N) is 1. The molecule has 2 rings (SSSR count). The lowest BCUT2D eigenvalue weighted by atomic mass is 9.71. The summed E-state index contributed by atoms with van der Waals surface area (Å²) in [5.41, 5.74) is -0.215. The number of hydrogen-bond acceptors (Lipinski definition) is 3. The van der Waals surface area contributed by atoms with Gasteiger partial charge in [0.1, 0.15) is 0 Å². The van der Waals surface area contributed by atoms with Gasteiger partial charge in [-0.3, -0.25) is 0 Å². The summed E-state index contributed by atoms with van der Waals surface area (Å²) >= 11 is 1.61. The normalized spacial score (nSPS) is 24.7. The van der Waals surface area contributed by atoms with Crippen LogP contribution in [0.1, 0.15) is 27.2 Å². The van der Waals surface area contributed by atoms with E-state index >= 15 is 0 Å². The number of nitrogens with one attached hydrogen (secondary N) is 1. The van der Waals surface area contributed by atoms with Gasteiger partial charge < -0.3 is 15.3 Å². The Morgan fingerprint density at radius 1 is 1.33 bits per heavy atom. The number of rotatable bonds is 2. The maximum Gasteiger partial charge on any atom is 0.321 e. The Balaban J connectivity index is 2.08. The number of para-hydroxylation sites is 1. The van der Waals surface area contributed by atoms with Gasteiger partial charge in [-0.25, -0.2) is 4.79 Å². The molecule has 4 nitrogen and oxygen atoms in total. The average Bonchev–Trinajstić information content (AvgIpc) is 2.42. The summed E-state index contributed by atoms with van der Waals surface area (Å²) in [5, 5.41) is 13.4. The molecule has 0 saturated carbocycles. The van der Waals surface area contributed by atoms with Crippen LogP contribution in [0.2, 0.25) is 0 Å². The lowest BCUT2D eigenvalue weighted by Crippen LogP contribution is -2.57. The fraction of sp³-hybridized carbons (Fsp3) is 0.562. The van der Waals surface area contributed by atoms with Gasteiger partial charge in [0.05, 0.1) is 11.3 Å². The first-order valence-corrected chi connectivity index (χ1v) is 8.41. The van der Waals surface area contributed by atoms with Crippen LogP contribution in [-0.2, 0) is 0 Å². The standard InChI is InChI=1S/C16H24N2O2S/c1-15(2)11-18(10-9-16(15,3)20)14(19)17-12-7-5-6-8-13(12)21-4/h5-8,20H,9-11H2,1-4H3,(H,17,19)/t16-/m0/s1. The van der Waals surface area contributed by atoms with Crippen LogP contribution in [-0.4, -0.2) is 41.0 Å². The van der Waals surface area contributed by atoms with E-state index < -0.39 is 5.60 Å². The Kier molecular flexibility index (Phi) is 4.54. The molecule has 116 valence electrons. The molecule has 21 heavy (non-hydrogen) atoms. The lowest BCUT2D eigenvalue weighted by molar-refractivity contribution is -0.0946. The molecule has 5 heteroatoms. The van der Waals surface area contributed by atoms with Crippen molar-refractivity contribution >= 4 is 23.5 Å². The molecule has 1 heterocycles. The van der Waals surface area contributed by atoms with Gasteiger partial charge in [-0.1, -0.05) is 26.0 Å². The van der Waals surface area contributed by atoms with Crippen LogP contribution in [0, 0.1) is 5.41 Å². The number of urea groups is 1. The molecule has 1 aliphatic rings. The Labute approximate surface area is 130 Å². The first kappa shape index (κ1) is 16.2. The van der Waals surface area contributed by atoms with Crippen molar-refractivity contribution in [2.24, 2.45) is 5.41 Å². The number of piperidine rings is 1. The largest absolute Gasteiger partial charge is 0.389 e. The summed E-state index contributed by atoms with van der Waals surface area (Å²) in [6.07, 6.45) is 2.59. The average molecular weight is 308 g/mol. The summed E-state index contributed by atoms with van der Waals surface area (Å²) in [6, 6.07) is 7.68. The highest BCUT2D eigenvalue weighted by atomic mass is 32.2. The highest BCUT2D eigenvalue weighted by Gasteiger charge is 2.45. The predicted molar refractivity (Wildman–Crippen MR) is 87.8 cm³/mol. The summed E-state index contributed by atoms with van der Waals surface area (Å²) in [5.74, 6) is 0. The highest BCUT2D eigenvalue weighted by molar-refractivity contribution is 7.98. The Hall–Kier alpha value is -1.20. The van der Waals surface area contributed by atoms with Crippen LogP contribution in [0.5, 0.6) is 0 Å². The van der Waals surface area contributed by atoms with Gasteiger partial charge in [0.2, 0.25) is 0 Å². The SMILES string of the molecule is CSc1ccccc1NC(=O)N1CC[C@](C)(O)C(C)(C)C1. The quantitative estimate of drug-likeness (QED) is 0.823. The van der Waals surface area contributed by atoms with Gasteiger partial charge in [0.15, 0.2) is 0 Å². The van der Waals surface area contributed by atoms with Crippen LogP contribution in [0.25, 0.3) is 0 Å². The maximum absolute atomic E-state index is 12.5. The molecule has 1 aromatic rings. The number of aliphatic hydroxyl groups is 1. The number of carbonyl (C=O) groups excluding carboxylic acids is 1. The van der Waals surface area contributed by atoms with Gasteiger partial charge in [0.25, 0.3) is 0 Å². The second-order valence-corrected chi connectivity index (χ2v) is 7.31. The van der Waals surface area contributed by atoms with E-state index in [9.17, 15) is 9.90 Å². The molecule has 0 aliphatic carbocycles. The molecule has 0 bridgehead atoms. The van der Waals surface area contributed by atoms with Gasteiger partial charge in [-0.15, -0.1) is 11.8 Å². The molecular weight excluding hydrogens is 284 g/mol. The summed E-state index contributed by atoms with van der Waals surface area (Å²) in [6.45, 7) is 6.98. The number of hydrogen-bond donors (Lipinski definition) is 2. The van der Waals surface area contributed by atoms with Crippen LogP contribution in [0.15, 0.2) is 29.2 Å². The van der Waals surface area contributed by atoms with Gasteiger partial charge in [-0.2, -0.15) is 0 Å². The lowest BCUT2D eigenvalue weighted by Gasteiger charge is -2.48. The monoisotopic (exact) mass is 308 g/mol.